The summed E-state index contributed by atoms with van der Waals surface area (Å²) in [5.74, 6) is 0.274. The highest BCUT2D eigenvalue weighted by Crippen LogP contribution is 2.43. The fourth-order valence-electron chi connectivity index (χ4n) is 3.26. The topological polar surface area (TPSA) is 76.3 Å². The third-order valence-corrected chi connectivity index (χ3v) is 4.56. The van der Waals surface area contributed by atoms with Gasteiger partial charge in [-0.3, -0.25) is 14.5 Å². The molecule has 2 heterocycles. The van der Waals surface area contributed by atoms with Crippen LogP contribution in [0.3, 0.4) is 0 Å². The number of pyridine rings is 1. The molecular weight excluding hydrogens is 278 g/mol. The summed E-state index contributed by atoms with van der Waals surface area (Å²) in [5.41, 5.74) is 6.10. The molecule has 5 nitrogen and oxygen atoms in total. The fraction of sp³-hybridized carbons (Fsp3) is 0.500. The van der Waals surface area contributed by atoms with Crippen LogP contribution in [0.25, 0.3) is 0 Å². The molecule has 2 amide bonds. The molecule has 3 rings (SSSR count). The predicted octanol–water partition coefficient (Wildman–Crippen LogP) is 1.85. The predicted molar refractivity (Wildman–Crippen MR) is 74.6 cm³/mol. The van der Waals surface area contributed by atoms with Crippen LogP contribution in [-0.4, -0.2) is 21.7 Å². The van der Waals surface area contributed by atoms with Crippen molar-refractivity contribution >= 4 is 29.2 Å². The van der Waals surface area contributed by atoms with Gasteiger partial charge in [-0.05, 0) is 30.9 Å². The Kier molecular flexibility index (Phi) is 3.17. The van der Waals surface area contributed by atoms with Crippen molar-refractivity contribution in [3.8, 4) is 0 Å². The van der Waals surface area contributed by atoms with Crippen LogP contribution in [0.1, 0.15) is 25.5 Å². The van der Waals surface area contributed by atoms with Gasteiger partial charge in [0, 0.05) is 0 Å². The Hall–Kier alpha value is -1.62. The van der Waals surface area contributed by atoms with Crippen molar-refractivity contribution in [1.82, 2.24) is 9.88 Å². The number of likely N-dealkylation sites (tertiary alicyclic amines) is 1. The summed E-state index contributed by atoms with van der Waals surface area (Å²) in [7, 11) is 0. The monoisotopic (exact) mass is 293 g/mol. The maximum atomic E-state index is 12.3. The molecule has 2 unspecified atom stereocenters. The van der Waals surface area contributed by atoms with Crippen LogP contribution < -0.4 is 5.73 Å². The average Bonchev–Trinajstić information content (AvgIpc) is 2.88. The Morgan fingerprint density at radius 3 is 2.50 bits per heavy atom. The first-order valence-electron chi connectivity index (χ1n) is 6.73. The molecular formula is C14H16ClN3O2. The van der Waals surface area contributed by atoms with Crippen molar-refractivity contribution < 1.29 is 9.59 Å². The Morgan fingerprint density at radius 2 is 1.90 bits per heavy atom. The summed E-state index contributed by atoms with van der Waals surface area (Å²) in [6, 6.07) is 3.23. The first kappa shape index (κ1) is 13.4. The molecule has 0 aromatic carbocycles. The standard InChI is InChI=1S/C14H16ClN3O2/c1-7-4-8-9(5-7)14(20)18(13(8)19)6-11-10(15)2-3-12(16)17-11/h2-3,7-9H,4-6H2,1H3,(H2,16,17). The van der Waals surface area contributed by atoms with Gasteiger partial charge >= 0.3 is 0 Å². The number of halogens is 1. The fourth-order valence-corrected chi connectivity index (χ4v) is 3.43. The highest BCUT2D eigenvalue weighted by Gasteiger charge is 2.51. The van der Waals surface area contributed by atoms with E-state index in [1.165, 1.54) is 4.90 Å². The molecule has 2 atom stereocenters. The van der Waals surface area contributed by atoms with Gasteiger partial charge in [0.15, 0.2) is 0 Å². The second kappa shape index (κ2) is 4.74. The van der Waals surface area contributed by atoms with Crippen molar-refractivity contribution in [3.63, 3.8) is 0 Å². The van der Waals surface area contributed by atoms with Crippen LogP contribution in [0.15, 0.2) is 12.1 Å². The number of aromatic nitrogens is 1. The molecule has 1 aromatic heterocycles. The molecule has 106 valence electrons. The van der Waals surface area contributed by atoms with Gasteiger partial charge in [-0.1, -0.05) is 18.5 Å². The lowest BCUT2D eigenvalue weighted by Crippen LogP contribution is -2.32. The van der Waals surface area contributed by atoms with Gasteiger partial charge in [0.2, 0.25) is 11.8 Å². The van der Waals surface area contributed by atoms with Crippen molar-refractivity contribution in [2.75, 3.05) is 5.73 Å². The second-order valence-electron chi connectivity index (χ2n) is 5.72. The smallest absolute Gasteiger partial charge is 0.233 e. The molecule has 1 aliphatic heterocycles. The van der Waals surface area contributed by atoms with Gasteiger partial charge in [0.25, 0.3) is 0 Å². The number of amides is 2. The Bertz CT molecular complexity index is 566. The molecule has 6 heteroatoms. The van der Waals surface area contributed by atoms with Crippen molar-refractivity contribution in [2.45, 2.75) is 26.3 Å². The maximum absolute atomic E-state index is 12.3. The lowest BCUT2D eigenvalue weighted by molar-refractivity contribution is -0.141. The molecule has 1 saturated heterocycles. The average molecular weight is 294 g/mol. The first-order chi connectivity index (χ1) is 9.47. The van der Waals surface area contributed by atoms with E-state index >= 15 is 0 Å². The van der Waals surface area contributed by atoms with E-state index < -0.39 is 0 Å². The number of nitrogen functional groups attached to an aromatic ring is 1. The maximum Gasteiger partial charge on any atom is 0.233 e. The molecule has 2 fully saturated rings. The molecule has 0 spiro atoms. The number of carbonyl (C=O) groups excluding carboxylic acids is 2. The lowest BCUT2D eigenvalue weighted by atomic mass is 10.00. The van der Waals surface area contributed by atoms with Crippen LogP contribution in [0.4, 0.5) is 5.82 Å². The van der Waals surface area contributed by atoms with E-state index in [1.54, 1.807) is 12.1 Å². The van der Waals surface area contributed by atoms with Crippen molar-refractivity contribution in [3.05, 3.63) is 22.8 Å². The van der Waals surface area contributed by atoms with Gasteiger partial charge in [0.1, 0.15) is 5.82 Å². The minimum atomic E-state index is -0.155. The summed E-state index contributed by atoms with van der Waals surface area (Å²) >= 11 is 6.05. The summed E-state index contributed by atoms with van der Waals surface area (Å²) in [6.45, 7) is 2.20. The van der Waals surface area contributed by atoms with E-state index in [4.69, 9.17) is 17.3 Å². The minimum Gasteiger partial charge on any atom is -0.384 e. The van der Waals surface area contributed by atoms with E-state index in [0.29, 0.717) is 22.5 Å². The summed E-state index contributed by atoms with van der Waals surface area (Å²) in [5, 5.41) is 0.422. The quantitative estimate of drug-likeness (QED) is 0.844. The number of anilines is 1. The molecule has 0 bridgehead atoms. The molecule has 1 aromatic rings. The number of hydrogen-bond acceptors (Lipinski definition) is 4. The van der Waals surface area contributed by atoms with Gasteiger partial charge < -0.3 is 5.73 Å². The van der Waals surface area contributed by atoms with E-state index in [2.05, 4.69) is 11.9 Å². The zero-order valence-electron chi connectivity index (χ0n) is 11.2. The van der Waals surface area contributed by atoms with Gasteiger partial charge in [-0.2, -0.15) is 0 Å². The highest BCUT2D eigenvalue weighted by atomic mass is 35.5. The molecule has 2 aliphatic rings. The number of fused-ring (bicyclic) bond motifs is 1. The zero-order valence-corrected chi connectivity index (χ0v) is 11.9. The minimum absolute atomic E-state index is 0.0929. The second-order valence-corrected chi connectivity index (χ2v) is 6.12. The van der Waals surface area contributed by atoms with Gasteiger partial charge in [-0.25, -0.2) is 4.98 Å². The van der Waals surface area contributed by atoms with Crippen LogP contribution >= 0.6 is 11.6 Å². The number of hydrogen-bond donors (Lipinski definition) is 1. The molecule has 1 saturated carbocycles. The Labute approximate surface area is 122 Å². The molecule has 20 heavy (non-hydrogen) atoms. The van der Waals surface area contributed by atoms with Crippen LogP contribution in [0.5, 0.6) is 0 Å². The number of rotatable bonds is 2. The third-order valence-electron chi connectivity index (χ3n) is 4.21. The van der Waals surface area contributed by atoms with Crippen LogP contribution in [-0.2, 0) is 16.1 Å². The highest BCUT2D eigenvalue weighted by molar-refractivity contribution is 6.31. The molecule has 1 aliphatic carbocycles. The number of carbonyl (C=O) groups is 2. The lowest BCUT2D eigenvalue weighted by Gasteiger charge is -2.17. The van der Waals surface area contributed by atoms with E-state index in [9.17, 15) is 9.59 Å². The van der Waals surface area contributed by atoms with E-state index in [1.807, 2.05) is 0 Å². The molecule has 2 N–H and O–H groups in total. The van der Waals surface area contributed by atoms with E-state index in [0.717, 1.165) is 12.8 Å². The van der Waals surface area contributed by atoms with Crippen LogP contribution in [0, 0.1) is 17.8 Å². The SMILES string of the molecule is CC1CC2C(=O)N(Cc3nc(N)ccc3Cl)C(=O)C2C1. The summed E-state index contributed by atoms with van der Waals surface area (Å²) in [4.78, 5) is 30.1. The number of imide groups is 1. The van der Waals surface area contributed by atoms with Crippen molar-refractivity contribution in [2.24, 2.45) is 17.8 Å². The normalized spacial score (nSPS) is 29.1. The summed E-state index contributed by atoms with van der Waals surface area (Å²) in [6.07, 6.45) is 1.59. The Balaban J connectivity index is 1.84. The number of nitrogens with zero attached hydrogens (tertiary/aromatic N) is 2. The van der Waals surface area contributed by atoms with Crippen LogP contribution in [0.2, 0.25) is 5.02 Å². The molecule has 0 radical (unpaired) electrons. The van der Waals surface area contributed by atoms with Crippen molar-refractivity contribution in [1.29, 1.82) is 0 Å². The zero-order chi connectivity index (χ0) is 14.4. The van der Waals surface area contributed by atoms with E-state index in [-0.39, 0.29) is 30.2 Å². The van der Waals surface area contributed by atoms with Gasteiger partial charge in [-0.15, -0.1) is 0 Å². The third kappa shape index (κ3) is 2.06. The number of nitrogens with two attached hydrogens (primary N) is 1. The van der Waals surface area contributed by atoms with Gasteiger partial charge in [0.05, 0.1) is 29.1 Å². The summed E-state index contributed by atoms with van der Waals surface area (Å²) < 4.78 is 0. The Morgan fingerprint density at radius 1 is 1.30 bits per heavy atom. The largest absolute Gasteiger partial charge is 0.384 e. The first-order valence-corrected chi connectivity index (χ1v) is 7.11.